The number of nitrogens with one attached hydrogen (secondary N) is 2. The third-order valence-corrected chi connectivity index (χ3v) is 10.5. The Hall–Kier alpha value is -5.56. The molecule has 1 fully saturated rings. The standard InChI is InChI=1S/C30H28N8O9S2/c1-3-36-25(43)23(41)33-34-29(36)49-13-15-12-48-26-20(24(42)38(26)21(15)27(44)45)31-22(40)19(14-8-10-16(39)11-9-14)32-28(46)37-18-7-5-4-6-17(18)35(2)30(37)47/h4-11,19-20,26,39H,3,12-13H2,1-2H3,(H,31,40)(H,32,46)(H,33,41)(H,44,45)/t19?,20?,26-/m0/s1. The molecule has 3 atom stereocenters. The molecule has 2 unspecified atom stereocenters. The van der Waals surface area contributed by atoms with E-state index in [1.54, 1.807) is 31.2 Å². The van der Waals surface area contributed by atoms with Crippen LogP contribution >= 0.6 is 23.5 Å². The molecular weight excluding hydrogens is 681 g/mol. The summed E-state index contributed by atoms with van der Waals surface area (Å²) >= 11 is 2.24. The number of carboxylic acids is 1. The molecule has 254 valence electrons. The number of phenols is 1. The van der Waals surface area contributed by atoms with Gasteiger partial charge >= 0.3 is 23.2 Å². The van der Waals surface area contributed by atoms with Gasteiger partial charge in [0.05, 0.1) is 11.0 Å². The molecule has 6 rings (SSSR count). The maximum absolute atomic E-state index is 13.8. The van der Waals surface area contributed by atoms with Gasteiger partial charge in [-0.15, -0.1) is 22.0 Å². The quantitative estimate of drug-likeness (QED) is 0.118. The molecule has 3 amide bonds. The molecule has 0 spiro atoms. The van der Waals surface area contributed by atoms with Gasteiger partial charge in [-0.1, -0.05) is 36.0 Å². The summed E-state index contributed by atoms with van der Waals surface area (Å²) in [6.07, 6.45) is 0. The number of hydrogen-bond donors (Lipinski definition) is 5. The molecule has 0 aliphatic carbocycles. The third kappa shape index (κ3) is 5.90. The van der Waals surface area contributed by atoms with Crippen molar-refractivity contribution in [3.63, 3.8) is 0 Å². The first-order valence-corrected chi connectivity index (χ1v) is 16.7. The van der Waals surface area contributed by atoms with Crippen molar-refractivity contribution >= 4 is 58.4 Å². The van der Waals surface area contributed by atoms with Gasteiger partial charge in [-0.25, -0.2) is 19.0 Å². The van der Waals surface area contributed by atoms with Crippen LogP contribution < -0.4 is 21.9 Å². The van der Waals surface area contributed by atoms with Crippen LogP contribution in [0.3, 0.4) is 0 Å². The van der Waals surface area contributed by atoms with E-state index in [0.29, 0.717) is 16.6 Å². The first kappa shape index (κ1) is 33.3. The van der Waals surface area contributed by atoms with Crippen molar-refractivity contribution in [3.05, 3.63) is 86.2 Å². The summed E-state index contributed by atoms with van der Waals surface area (Å²) in [7, 11) is 1.50. The maximum Gasteiger partial charge on any atom is 0.352 e. The van der Waals surface area contributed by atoms with E-state index in [0.717, 1.165) is 21.2 Å². The van der Waals surface area contributed by atoms with Gasteiger partial charge in [0.1, 0.15) is 28.9 Å². The maximum atomic E-state index is 13.8. The van der Waals surface area contributed by atoms with Gasteiger partial charge in [0, 0.05) is 25.1 Å². The second kappa shape index (κ2) is 13.2. The lowest BCUT2D eigenvalue weighted by atomic mass is 10.0. The van der Waals surface area contributed by atoms with Crippen LogP contribution in [-0.2, 0) is 28.0 Å². The number of benzene rings is 2. The highest BCUT2D eigenvalue weighted by atomic mass is 32.2. The Morgan fingerprint density at radius 1 is 1.04 bits per heavy atom. The molecule has 5 N–H and O–H groups in total. The third-order valence-electron chi connectivity index (χ3n) is 8.06. The number of aliphatic carboxylic acids is 1. The molecular formula is C30H28N8O9S2. The second-order valence-electron chi connectivity index (χ2n) is 10.9. The highest BCUT2D eigenvalue weighted by Crippen LogP contribution is 2.41. The van der Waals surface area contributed by atoms with Gasteiger partial charge in [0.15, 0.2) is 5.16 Å². The number of fused-ring (bicyclic) bond motifs is 2. The fourth-order valence-corrected chi connectivity index (χ4v) is 8.09. The summed E-state index contributed by atoms with van der Waals surface area (Å²) in [6, 6.07) is 8.56. The van der Waals surface area contributed by atoms with Crippen molar-refractivity contribution in [1.29, 1.82) is 0 Å². The largest absolute Gasteiger partial charge is 0.508 e. The van der Waals surface area contributed by atoms with Crippen LogP contribution in [0.25, 0.3) is 11.0 Å². The van der Waals surface area contributed by atoms with E-state index in [4.69, 9.17) is 0 Å². The van der Waals surface area contributed by atoms with E-state index in [-0.39, 0.29) is 40.2 Å². The number of rotatable bonds is 9. The lowest BCUT2D eigenvalue weighted by Gasteiger charge is -2.49. The van der Waals surface area contributed by atoms with Crippen molar-refractivity contribution in [2.75, 3.05) is 11.5 Å². The molecule has 19 heteroatoms. The van der Waals surface area contributed by atoms with Gasteiger partial charge in [0.25, 0.3) is 11.8 Å². The zero-order valence-electron chi connectivity index (χ0n) is 25.8. The lowest BCUT2D eigenvalue weighted by molar-refractivity contribution is -0.151. The molecule has 2 aromatic carbocycles. The summed E-state index contributed by atoms with van der Waals surface area (Å²) in [5.74, 6) is -3.51. The van der Waals surface area contributed by atoms with Crippen LogP contribution in [0.1, 0.15) is 18.5 Å². The first-order valence-electron chi connectivity index (χ1n) is 14.7. The number of para-hydroxylation sites is 2. The van der Waals surface area contributed by atoms with Crippen LogP contribution in [0.4, 0.5) is 4.79 Å². The van der Waals surface area contributed by atoms with Gasteiger partial charge in [0.2, 0.25) is 5.91 Å². The van der Waals surface area contributed by atoms with Crippen LogP contribution in [0, 0.1) is 0 Å². The van der Waals surface area contributed by atoms with E-state index in [1.807, 2.05) is 0 Å². The van der Waals surface area contributed by atoms with Gasteiger partial charge in [-0.05, 0) is 42.3 Å². The van der Waals surface area contributed by atoms with Crippen LogP contribution in [0.2, 0.25) is 0 Å². The van der Waals surface area contributed by atoms with Crippen molar-refractivity contribution in [2.45, 2.75) is 36.1 Å². The highest BCUT2D eigenvalue weighted by Gasteiger charge is 2.54. The molecule has 0 bridgehead atoms. The number of β-lactam (4-membered cyclic amide) rings is 1. The van der Waals surface area contributed by atoms with Gasteiger partial charge in [-0.2, -0.15) is 0 Å². The average molecular weight is 709 g/mol. The fourth-order valence-electron chi connectivity index (χ4n) is 5.61. The number of carboxylic acid groups (broad SMARTS) is 1. The molecule has 4 aromatic rings. The van der Waals surface area contributed by atoms with E-state index in [2.05, 4.69) is 20.8 Å². The number of amides is 3. The summed E-state index contributed by atoms with van der Waals surface area (Å²) < 4.78 is 3.36. The number of phenolic OH excluding ortho intramolecular Hbond substituents is 1. The van der Waals surface area contributed by atoms with Crippen LogP contribution in [-0.4, -0.2) is 90.9 Å². The van der Waals surface area contributed by atoms with E-state index in [9.17, 15) is 44.1 Å². The number of carbonyl (C=O) groups is 4. The molecule has 0 saturated carbocycles. The predicted molar refractivity (Wildman–Crippen MR) is 176 cm³/mol. The zero-order chi connectivity index (χ0) is 35.1. The minimum absolute atomic E-state index is 0.0452. The van der Waals surface area contributed by atoms with E-state index < -0.39 is 58.4 Å². The minimum Gasteiger partial charge on any atom is -0.508 e. The number of aromatic hydroxyl groups is 2. The SMILES string of the molecule is CCn1c(SCC2=C(C(=O)O)N3C(=O)C(NC(=O)C(NC(=O)n4c(=O)n(C)c5ccccc54)c4ccc(O)cc4)[C@@H]3SC2)nnc(O)c1=O. The number of imidazole rings is 1. The number of hydrogen-bond acceptors (Lipinski definition) is 12. The topological polar surface area (TPSA) is 231 Å². The average Bonchev–Trinajstić information content (AvgIpc) is 3.35. The number of thioether (sulfide) groups is 2. The Labute approximate surface area is 284 Å². The monoisotopic (exact) mass is 708 g/mol. The highest BCUT2D eigenvalue weighted by molar-refractivity contribution is 8.01. The van der Waals surface area contributed by atoms with E-state index in [1.165, 1.54) is 52.2 Å². The minimum atomic E-state index is -1.42. The van der Waals surface area contributed by atoms with Crippen molar-refractivity contribution < 1.29 is 34.5 Å². The molecule has 1 saturated heterocycles. The molecule has 0 radical (unpaired) electrons. The Kier molecular flexibility index (Phi) is 8.95. The zero-order valence-corrected chi connectivity index (χ0v) is 27.4. The molecule has 2 aliphatic heterocycles. The second-order valence-corrected chi connectivity index (χ2v) is 13.0. The Morgan fingerprint density at radius 2 is 1.73 bits per heavy atom. The molecule has 2 aliphatic rings. The summed E-state index contributed by atoms with van der Waals surface area (Å²) in [5.41, 5.74) is -0.251. The van der Waals surface area contributed by atoms with Crippen molar-refractivity contribution in [3.8, 4) is 11.6 Å². The normalized spacial score (nSPS) is 17.8. The lowest BCUT2D eigenvalue weighted by Crippen LogP contribution is -2.71. The summed E-state index contributed by atoms with van der Waals surface area (Å²) in [5, 5.41) is 41.4. The molecule has 49 heavy (non-hydrogen) atoms. The Bertz CT molecular complexity index is 2180. The number of nitrogens with zero attached hydrogens (tertiary/aromatic N) is 6. The summed E-state index contributed by atoms with van der Waals surface area (Å²) in [6.45, 7) is 1.85. The van der Waals surface area contributed by atoms with Crippen molar-refractivity contribution in [2.24, 2.45) is 7.05 Å². The molecule has 2 aromatic heterocycles. The van der Waals surface area contributed by atoms with Gasteiger partial charge < -0.3 is 26.0 Å². The summed E-state index contributed by atoms with van der Waals surface area (Å²) in [4.78, 5) is 79.4. The number of carbonyl (C=O) groups excluding carboxylic acids is 3. The fraction of sp³-hybridized carbons (Fsp3) is 0.267. The van der Waals surface area contributed by atoms with Crippen LogP contribution in [0.15, 0.2) is 74.5 Å². The smallest absolute Gasteiger partial charge is 0.352 e. The Morgan fingerprint density at radius 3 is 2.41 bits per heavy atom. The van der Waals surface area contributed by atoms with Gasteiger partial charge in [-0.3, -0.25) is 28.4 Å². The molecule has 4 heterocycles. The van der Waals surface area contributed by atoms with Crippen LogP contribution in [0.5, 0.6) is 11.6 Å². The Balaban J connectivity index is 1.23. The number of aryl methyl sites for hydroxylation is 1. The van der Waals surface area contributed by atoms with Crippen molar-refractivity contribution in [1.82, 2.24) is 39.4 Å². The molecule has 17 nitrogen and oxygen atoms in total. The van der Waals surface area contributed by atoms with E-state index >= 15 is 0 Å². The number of aromatic nitrogens is 5. The first-order chi connectivity index (χ1) is 23.4. The predicted octanol–water partition coefficient (Wildman–Crippen LogP) is 0.553.